The second-order valence-electron chi connectivity index (χ2n) is 5.28. The number of primary sulfonamides is 1. The Morgan fingerprint density at radius 1 is 1.36 bits per heavy atom. The zero-order chi connectivity index (χ0) is 18.6. The summed E-state index contributed by atoms with van der Waals surface area (Å²) in [6.45, 7) is 4.18. The average Bonchev–Trinajstić information content (AvgIpc) is 2.95. The molecule has 0 atom stereocenters. The third kappa shape index (κ3) is 4.91. The molecule has 0 aliphatic rings. The summed E-state index contributed by atoms with van der Waals surface area (Å²) < 4.78 is 28.4. The monoisotopic (exact) mass is 384 g/mol. The van der Waals surface area contributed by atoms with Crippen LogP contribution in [-0.4, -0.2) is 33.1 Å². The fourth-order valence-corrected chi connectivity index (χ4v) is 3.83. The number of anilines is 2. The van der Waals surface area contributed by atoms with E-state index in [1.165, 1.54) is 18.9 Å². The lowest BCUT2D eigenvalue weighted by Gasteiger charge is -2.15. The highest BCUT2D eigenvalue weighted by molar-refractivity contribution is 7.91. The molecule has 0 aliphatic carbocycles. The molecule has 2 rings (SSSR count). The number of amides is 2. The zero-order valence-electron chi connectivity index (χ0n) is 14.1. The number of urea groups is 1. The summed E-state index contributed by atoms with van der Waals surface area (Å²) in [6.07, 6.45) is 0.914. The van der Waals surface area contributed by atoms with Crippen molar-refractivity contribution in [2.24, 2.45) is 5.14 Å². The number of carbonyl (C=O) groups excluding carboxylic acids is 1. The number of thiazole rings is 1. The molecule has 3 N–H and O–H groups in total. The van der Waals surface area contributed by atoms with Crippen LogP contribution in [0.25, 0.3) is 0 Å². The lowest BCUT2D eigenvalue weighted by molar-refractivity contribution is 0.258. The minimum atomic E-state index is -3.86. The van der Waals surface area contributed by atoms with E-state index in [9.17, 15) is 13.2 Å². The van der Waals surface area contributed by atoms with Gasteiger partial charge in [0.25, 0.3) is 0 Å². The van der Waals surface area contributed by atoms with Crippen LogP contribution in [0.4, 0.5) is 15.6 Å². The largest absolute Gasteiger partial charge is 0.494 e. The van der Waals surface area contributed by atoms with Crippen molar-refractivity contribution < 1.29 is 17.9 Å². The van der Waals surface area contributed by atoms with Gasteiger partial charge in [-0.25, -0.2) is 23.3 Å². The molecule has 136 valence electrons. The summed E-state index contributed by atoms with van der Waals surface area (Å²) in [5, 5.41) is 8.08. The van der Waals surface area contributed by atoms with Crippen LogP contribution in [0.3, 0.4) is 0 Å². The van der Waals surface area contributed by atoms with Gasteiger partial charge in [-0.15, -0.1) is 0 Å². The van der Waals surface area contributed by atoms with Gasteiger partial charge in [-0.05, 0) is 37.6 Å². The van der Waals surface area contributed by atoms with E-state index in [2.05, 4.69) is 10.3 Å². The number of nitrogens with zero attached hydrogens (tertiary/aromatic N) is 2. The normalized spacial score (nSPS) is 11.2. The number of hydrogen-bond donors (Lipinski definition) is 2. The molecule has 1 heterocycles. The molecule has 8 nitrogen and oxygen atoms in total. The number of nitrogens with two attached hydrogens (primary N) is 1. The predicted octanol–water partition coefficient (Wildman–Crippen LogP) is 2.56. The van der Waals surface area contributed by atoms with Gasteiger partial charge in [0.05, 0.1) is 12.3 Å². The first kappa shape index (κ1) is 19.2. The first-order valence-electron chi connectivity index (χ1n) is 7.50. The second-order valence-corrected chi connectivity index (χ2v) is 8.01. The maximum atomic E-state index is 12.3. The van der Waals surface area contributed by atoms with Crippen LogP contribution in [0, 0.1) is 6.92 Å². The smallest absolute Gasteiger partial charge is 0.327 e. The van der Waals surface area contributed by atoms with Gasteiger partial charge >= 0.3 is 6.03 Å². The molecule has 0 saturated carbocycles. The van der Waals surface area contributed by atoms with Gasteiger partial charge in [0, 0.05) is 12.7 Å². The molecule has 10 heteroatoms. The van der Waals surface area contributed by atoms with Crippen LogP contribution < -0.4 is 20.1 Å². The molecular formula is C15H20N4O4S2. The molecule has 1 aromatic carbocycles. The summed E-state index contributed by atoms with van der Waals surface area (Å²) in [4.78, 5) is 17.6. The number of benzene rings is 1. The molecule has 0 unspecified atom stereocenters. The lowest BCUT2D eigenvalue weighted by Crippen LogP contribution is -2.31. The molecule has 0 spiro atoms. The quantitative estimate of drug-likeness (QED) is 0.794. The first-order valence-corrected chi connectivity index (χ1v) is 9.86. The van der Waals surface area contributed by atoms with Crippen molar-refractivity contribution in [1.82, 2.24) is 4.98 Å². The number of carbonyl (C=O) groups is 1. The van der Waals surface area contributed by atoms with Crippen molar-refractivity contribution in [3.63, 3.8) is 0 Å². The highest BCUT2D eigenvalue weighted by atomic mass is 32.2. The number of ether oxygens (including phenoxy) is 1. The van der Waals surface area contributed by atoms with E-state index >= 15 is 0 Å². The van der Waals surface area contributed by atoms with Gasteiger partial charge in [0.2, 0.25) is 10.0 Å². The van der Waals surface area contributed by atoms with Crippen molar-refractivity contribution >= 4 is 38.2 Å². The van der Waals surface area contributed by atoms with E-state index in [0.29, 0.717) is 12.3 Å². The van der Waals surface area contributed by atoms with Crippen molar-refractivity contribution in [2.45, 2.75) is 24.5 Å². The molecule has 0 fully saturated rings. The third-order valence-electron chi connectivity index (χ3n) is 3.17. The first-order chi connectivity index (χ1) is 11.7. The Hall–Kier alpha value is -2.17. The maximum Gasteiger partial charge on any atom is 0.327 e. The molecule has 0 bridgehead atoms. The molecule has 25 heavy (non-hydrogen) atoms. The number of aromatic nitrogens is 1. The summed E-state index contributed by atoms with van der Waals surface area (Å²) in [6, 6.07) is 6.52. The van der Waals surface area contributed by atoms with E-state index in [1.807, 2.05) is 6.92 Å². The van der Waals surface area contributed by atoms with E-state index in [4.69, 9.17) is 9.88 Å². The van der Waals surface area contributed by atoms with Crippen molar-refractivity contribution in [3.05, 3.63) is 30.0 Å². The number of nitrogens with one attached hydrogen (secondary N) is 1. The van der Waals surface area contributed by atoms with Gasteiger partial charge in [-0.2, -0.15) is 0 Å². The van der Waals surface area contributed by atoms with Crippen LogP contribution in [0.15, 0.2) is 28.5 Å². The van der Waals surface area contributed by atoms with Crippen LogP contribution >= 0.6 is 11.3 Å². The van der Waals surface area contributed by atoms with Crippen molar-refractivity contribution in [3.8, 4) is 5.75 Å². The molecule has 2 amide bonds. The zero-order valence-corrected chi connectivity index (χ0v) is 15.8. The minimum Gasteiger partial charge on any atom is -0.494 e. The fourth-order valence-electron chi connectivity index (χ4n) is 1.92. The Bertz CT molecular complexity index is 847. The fraction of sp³-hybridized carbons (Fsp3) is 0.333. The number of rotatable bonds is 6. The predicted molar refractivity (Wildman–Crippen MR) is 97.9 cm³/mol. The molecule has 1 aromatic heterocycles. The molecule has 2 aromatic rings. The van der Waals surface area contributed by atoms with Crippen LogP contribution in [-0.2, 0) is 10.0 Å². The highest BCUT2D eigenvalue weighted by Crippen LogP contribution is 2.28. The van der Waals surface area contributed by atoms with Gasteiger partial charge in [-0.1, -0.05) is 18.3 Å². The Morgan fingerprint density at radius 3 is 2.52 bits per heavy atom. The Morgan fingerprint density at radius 2 is 2.00 bits per heavy atom. The average molecular weight is 384 g/mol. The summed E-state index contributed by atoms with van der Waals surface area (Å²) in [7, 11) is -2.36. The maximum absolute atomic E-state index is 12.3. The van der Waals surface area contributed by atoms with Gasteiger partial charge in [0.15, 0.2) is 9.34 Å². The van der Waals surface area contributed by atoms with Crippen LogP contribution in [0.5, 0.6) is 5.75 Å². The number of aryl methyl sites for hydroxylation is 1. The SMILES string of the molecule is CCCOc1ccc(NC(=O)N(C)c2nc(C)c(S(N)(=O)=O)s2)cc1. The molecule has 0 saturated heterocycles. The molecular weight excluding hydrogens is 364 g/mol. The summed E-state index contributed by atoms with van der Waals surface area (Å²) >= 11 is 0.846. The number of hydrogen-bond acceptors (Lipinski definition) is 6. The van der Waals surface area contributed by atoms with Crippen molar-refractivity contribution in [2.75, 3.05) is 23.9 Å². The number of sulfonamides is 1. The van der Waals surface area contributed by atoms with E-state index < -0.39 is 16.1 Å². The Kier molecular flexibility index (Phi) is 5.98. The van der Waals surface area contributed by atoms with Crippen LogP contribution in [0.2, 0.25) is 0 Å². The van der Waals surface area contributed by atoms with Gasteiger partial charge in [-0.3, -0.25) is 4.90 Å². The summed E-state index contributed by atoms with van der Waals surface area (Å²) in [5.74, 6) is 0.724. The summed E-state index contributed by atoms with van der Waals surface area (Å²) in [5.41, 5.74) is 0.847. The van der Waals surface area contributed by atoms with E-state index in [0.717, 1.165) is 23.5 Å². The second kappa shape index (κ2) is 7.81. The standard InChI is InChI=1S/C15H20N4O4S2/c1-4-9-23-12-7-5-11(6-8-12)18-14(20)19(3)15-17-10(2)13(24-15)25(16,21)22/h5-8H,4,9H2,1-3H3,(H,18,20)(H2,16,21,22). The Labute approximate surface area is 150 Å². The van der Waals surface area contributed by atoms with Crippen molar-refractivity contribution in [1.29, 1.82) is 0 Å². The van der Waals surface area contributed by atoms with Crippen LogP contribution in [0.1, 0.15) is 19.0 Å². The molecule has 0 aliphatic heterocycles. The lowest BCUT2D eigenvalue weighted by atomic mass is 10.3. The highest BCUT2D eigenvalue weighted by Gasteiger charge is 2.22. The van der Waals surface area contributed by atoms with Gasteiger partial charge < -0.3 is 10.1 Å². The minimum absolute atomic E-state index is 0.0559. The Balaban J connectivity index is 2.08. The third-order valence-corrected chi connectivity index (χ3v) is 5.96. The van der Waals surface area contributed by atoms with E-state index in [-0.39, 0.29) is 15.0 Å². The van der Waals surface area contributed by atoms with E-state index in [1.54, 1.807) is 24.3 Å². The topological polar surface area (TPSA) is 115 Å². The van der Waals surface area contributed by atoms with Gasteiger partial charge in [0.1, 0.15) is 5.75 Å². The molecule has 0 radical (unpaired) electrons.